The Morgan fingerprint density at radius 3 is 2.14 bits per heavy atom. The van der Waals surface area contributed by atoms with Crippen molar-refractivity contribution in [3.05, 3.63) is 35.4 Å². The van der Waals surface area contributed by atoms with Crippen molar-refractivity contribution in [2.24, 2.45) is 0 Å². The molecule has 1 atom stereocenters. The first-order valence-electron chi connectivity index (χ1n) is 6.42. The minimum absolute atomic E-state index is 0.0343. The maximum absolute atomic E-state index is 12.9. The number of carbonyl (C=O) groups excluding carboxylic acids is 1. The molecule has 118 valence electrons. The monoisotopic (exact) mass is 334 g/mol. The van der Waals surface area contributed by atoms with Gasteiger partial charge in [0.15, 0.2) is 14.8 Å². The first-order valence-corrected chi connectivity index (χ1v) is 9.98. The molecule has 0 aliphatic heterocycles. The Labute approximate surface area is 124 Å². The van der Waals surface area contributed by atoms with Gasteiger partial charge in [0.2, 0.25) is 0 Å². The zero-order valence-electron chi connectivity index (χ0n) is 12.2. The fourth-order valence-electron chi connectivity index (χ4n) is 2.01. The molecule has 0 fully saturated rings. The van der Waals surface area contributed by atoms with Gasteiger partial charge in [-0.3, -0.25) is 9.36 Å². The summed E-state index contributed by atoms with van der Waals surface area (Å²) in [7, 11) is -7.78. The smallest absolute Gasteiger partial charge is 0.308 e. The predicted molar refractivity (Wildman–Crippen MR) is 80.3 cm³/mol. The van der Waals surface area contributed by atoms with Crippen LogP contribution in [-0.2, 0) is 23.4 Å². The van der Waals surface area contributed by atoms with E-state index in [0.717, 1.165) is 6.26 Å². The second kappa shape index (κ2) is 7.31. The van der Waals surface area contributed by atoms with E-state index in [1.54, 1.807) is 26.0 Å². The van der Waals surface area contributed by atoms with E-state index in [0.29, 0.717) is 6.29 Å². The number of hydrogen-bond donors (Lipinski definition) is 0. The molecule has 0 radical (unpaired) electrons. The van der Waals surface area contributed by atoms with Crippen LogP contribution < -0.4 is 0 Å². The third-order valence-corrected chi connectivity index (χ3v) is 7.78. The van der Waals surface area contributed by atoms with Crippen molar-refractivity contribution >= 4 is 23.7 Å². The summed E-state index contributed by atoms with van der Waals surface area (Å²) in [6, 6.07) is 6.07. The summed E-state index contributed by atoms with van der Waals surface area (Å²) in [6.07, 6.45) is 1.47. The van der Waals surface area contributed by atoms with Gasteiger partial charge >= 0.3 is 7.60 Å². The lowest BCUT2D eigenvalue weighted by molar-refractivity contribution is 0.112. The Hall–Kier alpha value is -1.01. The first kappa shape index (κ1) is 18.0. The average molecular weight is 334 g/mol. The van der Waals surface area contributed by atoms with Crippen LogP contribution in [0, 0.1) is 0 Å². The SMILES string of the molecule is CCOP(=O)(OCC)C(c1ccccc1C=O)S(C)(=O)=O. The summed E-state index contributed by atoms with van der Waals surface area (Å²) in [5.74, 6) is 0. The van der Waals surface area contributed by atoms with Crippen LogP contribution >= 0.6 is 7.60 Å². The van der Waals surface area contributed by atoms with Gasteiger partial charge in [0.25, 0.3) is 0 Å². The molecule has 0 spiro atoms. The topological polar surface area (TPSA) is 86.7 Å². The molecular weight excluding hydrogens is 315 g/mol. The van der Waals surface area contributed by atoms with Gasteiger partial charge in [-0.2, -0.15) is 0 Å². The number of carbonyl (C=O) groups is 1. The Bertz CT molecular complexity index is 630. The molecule has 1 rings (SSSR count). The third-order valence-electron chi connectivity index (χ3n) is 2.70. The Morgan fingerprint density at radius 2 is 1.71 bits per heavy atom. The molecule has 0 aliphatic carbocycles. The summed E-state index contributed by atoms with van der Waals surface area (Å²) < 4.78 is 47.5. The van der Waals surface area contributed by atoms with Crippen LogP contribution in [0.5, 0.6) is 0 Å². The molecule has 0 saturated carbocycles. The standard InChI is InChI=1S/C13H19O6PS/c1-4-18-20(15,19-5-2)13(21(3,16)17)12-9-7-6-8-11(12)10-14/h6-10,13H,4-5H2,1-3H3. The molecule has 0 aliphatic rings. The van der Waals surface area contributed by atoms with E-state index in [-0.39, 0.29) is 24.3 Å². The van der Waals surface area contributed by atoms with E-state index >= 15 is 0 Å². The van der Waals surface area contributed by atoms with Gasteiger partial charge in [-0.05, 0) is 19.4 Å². The highest BCUT2D eigenvalue weighted by atomic mass is 32.2. The summed E-state index contributed by atoms with van der Waals surface area (Å²) in [5.41, 5.74) is 0.271. The lowest BCUT2D eigenvalue weighted by Gasteiger charge is -2.26. The Kier molecular flexibility index (Phi) is 6.28. The highest BCUT2D eigenvalue weighted by Gasteiger charge is 2.45. The van der Waals surface area contributed by atoms with Crippen molar-refractivity contribution in [2.75, 3.05) is 19.5 Å². The first-order chi connectivity index (χ1) is 9.80. The molecular formula is C13H19O6PS. The fraction of sp³-hybridized carbons (Fsp3) is 0.462. The van der Waals surface area contributed by atoms with Crippen molar-refractivity contribution in [1.29, 1.82) is 0 Å². The highest BCUT2D eigenvalue weighted by molar-refractivity contribution is 7.97. The van der Waals surface area contributed by atoms with Gasteiger partial charge in [0, 0.05) is 11.8 Å². The van der Waals surface area contributed by atoms with Crippen LogP contribution in [0.2, 0.25) is 0 Å². The third kappa shape index (κ3) is 4.23. The van der Waals surface area contributed by atoms with Gasteiger partial charge < -0.3 is 9.05 Å². The lowest BCUT2D eigenvalue weighted by Crippen LogP contribution is -2.17. The number of rotatable bonds is 8. The second-order valence-electron chi connectivity index (χ2n) is 4.30. The summed E-state index contributed by atoms with van der Waals surface area (Å²) in [4.78, 5) is 9.61. The van der Waals surface area contributed by atoms with Crippen LogP contribution in [0.25, 0.3) is 0 Å². The van der Waals surface area contributed by atoms with E-state index in [9.17, 15) is 17.8 Å². The zero-order valence-corrected chi connectivity index (χ0v) is 13.9. The molecule has 1 aromatic rings. The van der Waals surface area contributed by atoms with Crippen molar-refractivity contribution in [2.45, 2.75) is 18.8 Å². The van der Waals surface area contributed by atoms with Gasteiger partial charge in [0.1, 0.15) is 6.29 Å². The zero-order chi connectivity index (χ0) is 16.1. The van der Waals surface area contributed by atoms with E-state index in [1.807, 2.05) is 0 Å². The Morgan fingerprint density at radius 1 is 1.19 bits per heavy atom. The van der Waals surface area contributed by atoms with E-state index in [1.165, 1.54) is 12.1 Å². The maximum atomic E-state index is 12.9. The minimum atomic E-state index is -3.96. The summed E-state index contributed by atoms with van der Waals surface area (Å²) in [6.45, 7) is 3.26. The molecule has 0 saturated heterocycles. The Balaban J connectivity index is 3.56. The fourth-order valence-corrected chi connectivity index (χ4v) is 6.57. The lowest BCUT2D eigenvalue weighted by atomic mass is 10.1. The molecule has 21 heavy (non-hydrogen) atoms. The van der Waals surface area contributed by atoms with Crippen LogP contribution in [0.1, 0.15) is 34.8 Å². The molecule has 1 unspecified atom stereocenters. The molecule has 0 amide bonds. The molecule has 6 nitrogen and oxygen atoms in total. The van der Waals surface area contributed by atoms with Crippen molar-refractivity contribution in [1.82, 2.24) is 0 Å². The van der Waals surface area contributed by atoms with Crippen LogP contribution in [0.3, 0.4) is 0 Å². The highest BCUT2D eigenvalue weighted by Crippen LogP contribution is 2.63. The van der Waals surface area contributed by atoms with Crippen LogP contribution in [0.4, 0.5) is 0 Å². The maximum Gasteiger partial charge on any atom is 0.353 e. The van der Waals surface area contributed by atoms with Crippen LogP contribution in [0.15, 0.2) is 24.3 Å². The largest absolute Gasteiger partial charge is 0.353 e. The van der Waals surface area contributed by atoms with Crippen molar-refractivity contribution < 1.29 is 26.8 Å². The predicted octanol–water partition coefficient (Wildman–Crippen LogP) is 2.81. The number of benzene rings is 1. The molecule has 0 aromatic heterocycles. The quantitative estimate of drug-likeness (QED) is 0.537. The van der Waals surface area contributed by atoms with Gasteiger partial charge in [-0.15, -0.1) is 0 Å². The van der Waals surface area contributed by atoms with Gasteiger partial charge in [0.05, 0.1) is 13.2 Å². The molecule has 0 heterocycles. The van der Waals surface area contributed by atoms with Crippen molar-refractivity contribution in [3.63, 3.8) is 0 Å². The second-order valence-corrected chi connectivity index (χ2v) is 8.90. The summed E-state index contributed by atoms with van der Waals surface area (Å²) >= 11 is 0. The van der Waals surface area contributed by atoms with Crippen molar-refractivity contribution in [3.8, 4) is 0 Å². The minimum Gasteiger partial charge on any atom is -0.308 e. The molecule has 1 aromatic carbocycles. The van der Waals surface area contributed by atoms with Crippen LogP contribution in [-0.4, -0.2) is 34.2 Å². The average Bonchev–Trinajstić information content (AvgIpc) is 2.38. The molecule has 8 heteroatoms. The summed E-state index contributed by atoms with van der Waals surface area (Å²) in [5, 5.41) is 0. The number of sulfone groups is 1. The van der Waals surface area contributed by atoms with E-state index in [4.69, 9.17) is 9.05 Å². The molecule has 0 bridgehead atoms. The molecule has 0 N–H and O–H groups in total. The van der Waals surface area contributed by atoms with Gasteiger partial charge in [-0.25, -0.2) is 8.42 Å². The van der Waals surface area contributed by atoms with E-state index < -0.39 is 22.4 Å². The number of hydrogen-bond acceptors (Lipinski definition) is 6. The van der Waals surface area contributed by atoms with Gasteiger partial charge in [-0.1, -0.05) is 24.3 Å². The van der Waals surface area contributed by atoms with E-state index in [2.05, 4.69) is 0 Å². The number of aldehydes is 1. The normalized spacial score (nSPS) is 13.9.